The third kappa shape index (κ3) is 4.48. The second-order valence-electron chi connectivity index (χ2n) is 7.05. The molecule has 0 radical (unpaired) electrons. The Labute approximate surface area is 173 Å². The Morgan fingerprint density at radius 3 is 2.23 bits per heavy atom. The van der Waals surface area contributed by atoms with E-state index in [0.717, 1.165) is 0 Å². The van der Waals surface area contributed by atoms with Gasteiger partial charge in [-0.15, -0.1) is 0 Å². The Balaban J connectivity index is 1.71. The van der Waals surface area contributed by atoms with Gasteiger partial charge in [-0.25, -0.2) is 4.98 Å². The molecule has 2 amide bonds. The van der Waals surface area contributed by atoms with Crippen LogP contribution in [0, 0.1) is 6.92 Å². The van der Waals surface area contributed by atoms with E-state index in [-0.39, 0.29) is 11.7 Å². The highest BCUT2D eigenvalue weighted by atomic mass is 16.5. The summed E-state index contributed by atoms with van der Waals surface area (Å²) >= 11 is 0. The first-order valence-electron chi connectivity index (χ1n) is 9.68. The molecule has 0 unspecified atom stereocenters. The molecule has 1 heterocycles. The average molecular weight is 408 g/mol. The summed E-state index contributed by atoms with van der Waals surface area (Å²) in [6.07, 6.45) is 0.0382. The minimum absolute atomic E-state index is 0.0382. The number of hydrogen-bond acceptors (Lipinski definition) is 5. The van der Waals surface area contributed by atoms with Gasteiger partial charge in [-0.2, -0.15) is 0 Å². The molecule has 1 aromatic heterocycles. The van der Waals surface area contributed by atoms with E-state index in [1.165, 1.54) is 0 Å². The monoisotopic (exact) mass is 408 g/mol. The number of carbonyl (C=O) groups excluding carboxylic acids is 2. The molecule has 0 fully saturated rings. The minimum Gasteiger partial charge on any atom is -0.491 e. The Kier molecular flexibility index (Phi) is 6.15. The van der Waals surface area contributed by atoms with Crippen molar-refractivity contribution in [2.45, 2.75) is 40.3 Å². The summed E-state index contributed by atoms with van der Waals surface area (Å²) in [4.78, 5) is 41.2. The number of carbonyl (C=O) groups is 2. The van der Waals surface area contributed by atoms with E-state index in [2.05, 4.69) is 15.8 Å². The second-order valence-corrected chi connectivity index (χ2v) is 7.05. The molecule has 3 aromatic rings. The van der Waals surface area contributed by atoms with Gasteiger partial charge in [0.05, 0.1) is 17.1 Å². The van der Waals surface area contributed by atoms with E-state index in [1.54, 1.807) is 54.0 Å². The molecule has 0 atom stereocenters. The van der Waals surface area contributed by atoms with Crippen LogP contribution < -0.4 is 21.1 Å². The molecule has 0 bridgehead atoms. The highest BCUT2D eigenvalue weighted by Crippen LogP contribution is 2.15. The van der Waals surface area contributed by atoms with Crippen molar-refractivity contribution >= 4 is 22.8 Å². The van der Waals surface area contributed by atoms with E-state index in [1.807, 2.05) is 20.8 Å². The quantitative estimate of drug-likeness (QED) is 0.632. The molecule has 2 aromatic carbocycles. The fourth-order valence-corrected chi connectivity index (χ4v) is 3.04. The number of aryl methyl sites for hydroxylation is 2. The molecule has 8 heteroatoms. The molecule has 30 heavy (non-hydrogen) atoms. The minimum atomic E-state index is -0.487. The van der Waals surface area contributed by atoms with Crippen molar-refractivity contribution in [3.63, 3.8) is 0 Å². The van der Waals surface area contributed by atoms with Gasteiger partial charge in [0.15, 0.2) is 0 Å². The number of aromatic nitrogens is 2. The molecule has 0 saturated carbocycles. The van der Waals surface area contributed by atoms with E-state index < -0.39 is 11.8 Å². The third-order valence-electron chi connectivity index (χ3n) is 4.47. The standard InChI is InChI=1S/C22H24N4O4/c1-5-26-19-11-8-16(12-18(19)23-14(4)22(26)29)21(28)25-24-20(27)15-6-9-17(10-7-15)30-13(2)3/h6-13H,5H2,1-4H3,(H,24,27)(H,25,28). The molecule has 156 valence electrons. The summed E-state index contributed by atoms with van der Waals surface area (Å²) in [5.74, 6) is -0.275. The molecule has 0 aliphatic rings. The lowest BCUT2D eigenvalue weighted by molar-refractivity contribution is 0.0846. The van der Waals surface area contributed by atoms with Crippen molar-refractivity contribution in [2.24, 2.45) is 0 Å². The van der Waals surface area contributed by atoms with Crippen molar-refractivity contribution in [1.29, 1.82) is 0 Å². The highest BCUT2D eigenvalue weighted by molar-refractivity contribution is 6.00. The molecule has 3 rings (SSSR count). The number of fused-ring (bicyclic) bond motifs is 1. The largest absolute Gasteiger partial charge is 0.491 e. The first kappa shape index (κ1) is 21.0. The lowest BCUT2D eigenvalue weighted by atomic mass is 10.1. The van der Waals surface area contributed by atoms with Gasteiger partial charge in [-0.3, -0.25) is 25.2 Å². The summed E-state index contributed by atoms with van der Waals surface area (Å²) in [6, 6.07) is 11.5. The van der Waals surface area contributed by atoms with Crippen LogP contribution in [0.15, 0.2) is 47.3 Å². The van der Waals surface area contributed by atoms with Crippen molar-refractivity contribution in [3.8, 4) is 5.75 Å². The summed E-state index contributed by atoms with van der Waals surface area (Å²) in [5.41, 5.74) is 6.88. The van der Waals surface area contributed by atoms with Crippen molar-refractivity contribution in [1.82, 2.24) is 20.4 Å². The topological polar surface area (TPSA) is 102 Å². The molecular weight excluding hydrogens is 384 g/mol. The Morgan fingerprint density at radius 2 is 1.63 bits per heavy atom. The predicted molar refractivity (Wildman–Crippen MR) is 114 cm³/mol. The van der Waals surface area contributed by atoms with Crippen LogP contribution in [0.5, 0.6) is 5.75 Å². The van der Waals surface area contributed by atoms with Gasteiger partial charge in [0.1, 0.15) is 11.4 Å². The number of hydrogen-bond donors (Lipinski definition) is 2. The maximum absolute atomic E-state index is 12.5. The zero-order valence-corrected chi connectivity index (χ0v) is 17.4. The molecule has 0 saturated heterocycles. The third-order valence-corrected chi connectivity index (χ3v) is 4.47. The molecule has 0 aliphatic heterocycles. The fraction of sp³-hybridized carbons (Fsp3) is 0.273. The predicted octanol–water partition coefficient (Wildman–Crippen LogP) is 2.59. The van der Waals surface area contributed by atoms with Crippen LogP contribution in [0.2, 0.25) is 0 Å². The normalized spacial score (nSPS) is 10.8. The average Bonchev–Trinajstić information content (AvgIpc) is 2.72. The number of rotatable bonds is 5. The van der Waals surface area contributed by atoms with Gasteiger partial charge in [0, 0.05) is 17.7 Å². The zero-order chi connectivity index (χ0) is 21.8. The number of amides is 2. The maximum Gasteiger partial charge on any atom is 0.272 e. The lowest BCUT2D eigenvalue weighted by Crippen LogP contribution is -2.41. The van der Waals surface area contributed by atoms with Crippen molar-refractivity contribution < 1.29 is 14.3 Å². The van der Waals surface area contributed by atoms with Gasteiger partial charge in [-0.05, 0) is 70.2 Å². The molecule has 8 nitrogen and oxygen atoms in total. The van der Waals surface area contributed by atoms with Gasteiger partial charge in [0.2, 0.25) is 0 Å². The first-order valence-corrected chi connectivity index (χ1v) is 9.68. The maximum atomic E-state index is 12.5. The van der Waals surface area contributed by atoms with Crippen molar-refractivity contribution in [3.05, 3.63) is 69.6 Å². The number of nitrogens with one attached hydrogen (secondary N) is 2. The van der Waals surface area contributed by atoms with E-state index in [9.17, 15) is 14.4 Å². The number of ether oxygens (including phenoxy) is 1. The Morgan fingerprint density at radius 1 is 1.03 bits per heavy atom. The summed E-state index contributed by atoms with van der Waals surface area (Å²) in [6.45, 7) is 7.85. The summed E-state index contributed by atoms with van der Waals surface area (Å²) < 4.78 is 7.15. The van der Waals surface area contributed by atoms with Crippen LogP contribution in [-0.2, 0) is 6.54 Å². The Bertz CT molecular complexity index is 1150. The van der Waals surface area contributed by atoms with Gasteiger partial charge >= 0.3 is 0 Å². The van der Waals surface area contributed by atoms with Crippen LogP contribution in [0.1, 0.15) is 47.2 Å². The number of nitrogens with zero attached hydrogens (tertiary/aromatic N) is 2. The van der Waals surface area contributed by atoms with Crippen molar-refractivity contribution in [2.75, 3.05) is 0 Å². The SMILES string of the molecule is CCn1c(=O)c(C)nc2cc(C(=O)NNC(=O)c3ccc(OC(C)C)cc3)ccc21. The fourth-order valence-electron chi connectivity index (χ4n) is 3.04. The Hall–Kier alpha value is -3.68. The van der Waals surface area contributed by atoms with Gasteiger partial charge < -0.3 is 9.30 Å². The zero-order valence-electron chi connectivity index (χ0n) is 17.4. The number of benzene rings is 2. The van der Waals surface area contributed by atoms with Crippen LogP contribution in [0.25, 0.3) is 11.0 Å². The molecule has 2 N–H and O–H groups in total. The van der Waals surface area contributed by atoms with Crippen LogP contribution in [-0.4, -0.2) is 27.5 Å². The van der Waals surface area contributed by atoms with Crippen LogP contribution in [0.4, 0.5) is 0 Å². The van der Waals surface area contributed by atoms with E-state index in [4.69, 9.17) is 4.74 Å². The summed E-state index contributed by atoms with van der Waals surface area (Å²) in [7, 11) is 0. The lowest BCUT2D eigenvalue weighted by Gasteiger charge is -2.12. The second kappa shape index (κ2) is 8.77. The smallest absolute Gasteiger partial charge is 0.272 e. The number of hydrazine groups is 1. The summed E-state index contributed by atoms with van der Waals surface area (Å²) in [5, 5.41) is 0. The molecule has 0 aliphatic carbocycles. The van der Waals surface area contributed by atoms with E-state index >= 15 is 0 Å². The van der Waals surface area contributed by atoms with Crippen LogP contribution in [0.3, 0.4) is 0 Å². The van der Waals surface area contributed by atoms with Gasteiger partial charge in [-0.1, -0.05) is 0 Å². The molecule has 0 spiro atoms. The van der Waals surface area contributed by atoms with Gasteiger partial charge in [0.25, 0.3) is 17.4 Å². The highest BCUT2D eigenvalue weighted by Gasteiger charge is 2.13. The first-order chi connectivity index (χ1) is 14.3. The molecular formula is C22H24N4O4. The van der Waals surface area contributed by atoms with Crippen LogP contribution >= 0.6 is 0 Å². The van der Waals surface area contributed by atoms with E-state index in [0.29, 0.717) is 40.1 Å².